The highest BCUT2D eigenvalue weighted by molar-refractivity contribution is 6.22. The van der Waals surface area contributed by atoms with Crippen LogP contribution in [0.5, 0.6) is 5.75 Å². The van der Waals surface area contributed by atoms with E-state index in [2.05, 4.69) is 0 Å². The molecule has 14 heavy (non-hydrogen) atoms. The molecule has 0 saturated heterocycles. The summed E-state index contributed by atoms with van der Waals surface area (Å²) in [7, 11) is 0. The molecule has 0 fully saturated rings. The fraction of sp³-hybridized carbons (Fsp3) is 0.364. The zero-order valence-electron chi connectivity index (χ0n) is 8.20. The van der Waals surface area contributed by atoms with Crippen LogP contribution in [-0.4, -0.2) is 6.10 Å². The fourth-order valence-corrected chi connectivity index (χ4v) is 1.21. The molecule has 1 rings (SSSR count). The molecule has 0 heterocycles. The van der Waals surface area contributed by atoms with Gasteiger partial charge >= 0.3 is 0 Å². The summed E-state index contributed by atoms with van der Waals surface area (Å²) in [6.07, 6.45) is 0.156. The third-order valence-corrected chi connectivity index (χ3v) is 2.01. The first kappa shape index (κ1) is 10.9. The molecule has 0 aromatic heterocycles. The topological polar surface area (TPSA) is 33.0 Å². The zero-order valence-corrected chi connectivity index (χ0v) is 8.95. The minimum atomic E-state index is -0.580. The van der Waals surface area contributed by atoms with Gasteiger partial charge in [0, 0.05) is 0 Å². The summed E-state index contributed by atoms with van der Waals surface area (Å²) in [6, 6.07) is 9.22. The Balaban J connectivity index is 2.74. The number of alkyl halides is 1. The summed E-state index contributed by atoms with van der Waals surface area (Å²) in [5, 5.41) is 8.01. The normalized spacial score (nSPS) is 12.2. The number of hydrogen-bond donors (Lipinski definition) is 0. The maximum Gasteiger partial charge on any atom is 0.145 e. The van der Waals surface area contributed by atoms with E-state index >= 15 is 0 Å². The van der Waals surface area contributed by atoms with Crippen molar-refractivity contribution in [3.8, 4) is 11.8 Å². The molecule has 0 spiro atoms. The molecular formula is C11H12ClNO. The van der Waals surface area contributed by atoms with E-state index in [0.717, 1.165) is 11.3 Å². The van der Waals surface area contributed by atoms with Crippen LogP contribution in [0.3, 0.4) is 0 Å². The molecule has 0 bridgehead atoms. The molecule has 0 aliphatic carbocycles. The first-order valence-corrected chi connectivity index (χ1v) is 4.87. The van der Waals surface area contributed by atoms with Gasteiger partial charge in [-0.3, -0.25) is 0 Å². The van der Waals surface area contributed by atoms with Crippen molar-refractivity contribution in [2.24, 2.45) is 0 Å². The SMILES string of the molecule is CC(C)Oc1ccc(C(Cl)C#N)cc1. The maximum atomic E-state index is 8.59. The van der Waals surface area contributed by atoms with Gasteiger partial charge in [-0.05, 0) is 31.5 Å². The third-order valence-electron chi connectivity index (χ3n) is 1.66. The van der Waals surface area contributed by atoms with Crippen LogP contribution in [0.25, 0.3) is 0 Å². The van der Waals surface area contributed by atoms with Crippen molar-refractivity contribution in [2.75, 3.05) is 0 Å². The molecule has 0 aliphatic heterocycles. The van der Waals surface area contributed by atoms with Gasteiger partial charge in [-0.25, -0.2) is 0 Å². The molecule has 2 nitrogen and oxygen atoms in total. The molecule has 1 unspecified atom stereocenters. The number of hydrogen-bond acceptors (Lipinski definition) is 2. The van der Waals surface area contributed by atoms with Gasteiger partial charge in [0.05, 0.1) is 12.2 Å². The quantitative estimate of drug-likeness (QED) is 0.716. The third kappa shape index (κ3) is 2.93. The predicted molar refractivity (Wildman–Crippen MR) is 56.4 cm³/mol. The summed E-state index contributed by atoms with van der Waals surface area (Å²) in [5.41, 5.74) is 0.797. The van der Waals surface area contributed by atoms with E-state index in [0.29, 0.717) is 0 Å². The van der Waals surface area contributed by atoms with Crippen LogP contribution in [0.4, 0.5) is 0 Å². The van der Waals surface area contributed by atoms with Gasteiger partial charge in [0.1, 0.15) is 11.1 Å². The molecule has 1 aromatic rings. The smallest absolute Gasteiger partial charge is 0.145 e. The molecule has 0 amide bonds. The summed E-state index contributed by atoms with van der Waals surface area (Å²) < 4.78 is 5.46. The molecular weight excluding hydrogens is 198 g/mol. The van der Waals surface area contributed by atoms with Crippen LogP contribution in [0.1, 0.15) is 24.8 Å². The minimum absolute atomic E-state index is 0.156. The standard InChI is InChI=1S/C11H12ClNO/c1-8(2)14-10-5-3-9(4-6-10)11(12)7-13/h3-6,8,11H,1-2H3. The number of nitrogens with zero attached hydrogens (tertiary/aromatic N) is 1. The number of rotatable bonds is 3. The first-order chi connectivity index (χ1) is 6.63. The van der Waals surface area contributed by atoms with E-state index in [9.17, 15) is 0 Å². The Morgan fingerprint density at radius 2 is 1.86 bits per heavy atom. The summed E-state index contributed by atoms with van der Waals surface area (Å²) in [4.78, 5) is 0. The largest absolute Gasteiger partial charge is 0.491 e. The second-order valence-corrected chi connectivity index (χ2v) is 3.66. The molecule has 74 valence electrons. The molecule has 1 aromatic carbocycles. The van der Waals surface area contributed by atoms with Crippen molar-refractivity contribution in [3.63, 3.8) is 0 Å². The van der Waals surface area contributed by atoms with E-state index in [4.69, 9.17) is 21.6 Å². The lowest BCUT2D eigenvalue weighted by Gasteiger charge is -2.10. The number of ether oxygens (including phenoxy) is 1. The van der Waals surface area contributed by atoms with Crippen molar-refractivity contribution in [1.82, 2.24) is 0 Å². The molecule has 0 N–H and O–H groups in total. The zero-order chi connectivity index (χ0) is 10.6. The van der Waals surface area contributed by atoms with Crippen LogP contribution < -0.4 is 4.74 Å². The Bertz CT molecular complexity index is 326. The highest BCUT2D eigenvalue weighted by atomic mass is 35.5. The van der Waals surface area contributed by atoms with Gasteiger partial charge in [-0.15, -0.1) is 11.6 Å². The lowest BCUT2D eigenvalue weighted by atomic mass is 10.1. The van der Waals surface area contributed by atoms with Crippen molar-refractivity contribution < 1.29 is 4.74 Å². The Kier molecular flexibility index (Phi) is 3.79. The molecule has 0 saturated carbocycles. The second kappa shape index (κ2) is 4.88. The molecule has 0 aliphatic rings. The molecule has 3 heteroatoms. The fourth-order valence-electron chi connectivity index (χ4n) is 1.06. The number of halogens is 1. The molecule has 1 atom stereocenters. The Morgan fingerprint density at radius 3 is 2.29 bits per heavy atom. The number of nitriles is 1. The van der Waals surface area contributed by atoms with Crippen LogP contribution in [0, 0.1) is 11.3 Å². The predicted octanol–water partition coefficient (Wildman–Crippen LogP) is 3.28. The average Bonchev–Trinajstić information content (AvgIpc) is 2.17. The van der Waals surface area contributed by atoms with E-state index in [1.165, 1.54) is 0 Å². The van der Waals surface area contributed by atoms with E-state index < -0.39 is 5.38 Å². The van der Waals surface area contributed by atoms with Crippen LogP contribution in [-0.2, 0) is 0 Å². The van der Waals surface area contributed by atoms with Gasteiger partial charge in [0.25, 0.3) is 0 Å². The Morgan fingerprint density at radius 1 is 1.29 bits per heavy atom. The van der Waals surface area contributed by atoms with Crippen molar-refractivity contribution in [3.05, 3.63) is 29.8 Å². The van der Waals surface area contributed by atoms with Crippen molar-refractivity contribution >= 4 is 11.6 Å². The highest BCUT2D eigenvalue weighted by Gasteiger charge is 2.05. The van der Waals surface area contributed by atoms with E-state index in [-0.39, 0.29) is 6.10 Å². The summed E-state index contributed by atoms with van der Waals surface area (Å²) in [6.45, 7) is 3.93. The average molecular weight is 210 g/mol. The van der Waals surface area contributed by atoms with Gasteiger partial charge in [-0.1, -0.05) is 12.1 Å². The van der Waals surface area contributed by atoms with Gasteiger partial charge in [-0.2, -0.15) is 5.26 Å². The van der Waals surface area contributed by atoms with Crippen LogP contribution in [0.15, 0.2) is 24.3 Å². The lowest BCUT2D eigenvalue weighted by molar-refractivity contribution is 0.242. The number of benzene rings is 1. The first-order valence-electron chi connectivity index (χ1n) is 4.44. The highest BCUT2D eigenvalue weighted by Crippen LogP contribution is 2.22. The molecule has 0 radical (unpaired) electrons. The van der Waals surface area contributed by atoms with Crippen LogP contribution in [0.2, 0.25) is 0 Å². The monoisotopic (exact) mass is 209 g/mol. The summed E-state index contributed by atoms with van der Waals surface area (Å²) >= 11 is 5.75. The van der Waals surface area contributed by atoms with Crippen molar-refractivity contribution in [2.45, 2.75) is 25.3 Å². The minimum Gasteiger partial charge on any atom is -0.491 e. The maximum absolute atomic E-state index is 8.59. The van der Waals surface area contributed by atoms with E-state index in [1.807, 2.05) is 32.0 Å². The lowest BCUT2D eigenvalue weighted by Crippen LogP contribution is -2.05. The van der Waals surface area contributed by atoms with Gasteiger partial charge < -0.3 is 4.74 Å². The van der Waals surface area contributed by atoms with E-state index in [1.54, 1.807) is 12.1 Å². The Labute approximate surface area is 89.1 Å². The summed E-state index contributed by atoms with van der Waals surface area (Å²) in [5.74, 6) is 0.797. The van der Waals surface area contributed by atoms with Gasteiger partial charge in [0.15, 0.2) is 0 Å². The second-order valence-electron chi connectivity index (χ2n) is 3.23. The van der Waals surface area contributed by atoms with Crippen molar-refractivity contribution in [1.29, 1.82) is 5.26 Å². The van der Waals surface area contributed by atoms with Crippen LogP contribution >= 0.6 is 11.6 Å². The Hall–Kier alpha value is -1.20. The van der Waals surface area contributed by atoms with Gasteiger partial charge in [0.2, 0.25) is 0 Å².